The van der Waals surface area contributed by atoms with Crippen LogP contribution in [0, 0.1) is 11.8 Å². The van der Waals surface area contributed by atoms with Crippen molar-refractivity contribution in [2.75, 3.05) is 18.0 Å². The lowest BCUT2D eigenvalue weighted by Crippen LogP contribution is -2.21. The number of unbranched alkanes of at least 4 members (excludes halogenated alkanes) is 3. The van der Waals surface area contributed by atoms with Crippen LogP contribution in [-0.2, 0) is 0 Å². The second-order valence-corrected chi connectivity index (χ2v) is 6.39. The Kier molecular flexibility index (Phi) is 8.13. The predicted molar refractivity (Wildman–Crippen MR) is 110 cm³/mol. The maximum Gasteiger partial charge on any atom is 0.0702 e. The lowest BCUT2D eigenvalue weighted by Gasteiger charge is -2.22. The van der Waals surface area contributed by atoms with Gasteiger partial charge in [0.1, 0.15) is 0 Å². The number of anilines is 1. The molecule has 0 aromatic heterocycles. The molecule has 2 aromatic carbocycles. The zero-order valence-electron chi connectivity index (χ0n) is 16.0. The van der Waals surface area contributed by atoms with E-state index in [0.717, 1.165) is 19.5 Å². The van der Waals surface area contributed by atoms with Crippen molar-refractivity contribution in [3.05, 3.63) is 65.7 Å². The Morgan fingerprint density at radius 1 is 0.800 bits per heavy atom. The molecule has 1 atom stereocenters. The SMILES string of the molecule is CCCCCC#CC(c1ccccc1)c1ccc(N(CC)CC)cc1. The highest BCUT2D eigenvalue weighted by molar-refractivity contribution is 5.50. The highest BCUT2D eigenvalue weighted by atomic mass is 15.1. The summed E-state index contributed by atoms with van der Waals surface area (Å²) in [7, 11) is 0. The lowest BCUT2D eigenvalue weighted by atomic mass is 9.91. The summed E-state index contributed by atoms with van der Waals surface area (Å²) in [4.78, 5) is 2.37. The molecule has 0 fully saturated rings. The molecule has 1 unspecified atom stereocenters. The zero-order valence-corrected chi connectivity index (χ0v) is 16.0. The van der Waals surface area contributed by atoms with Gasteiger partial charge in [0.2, 0.25) is 0 Å². The number of nitrogens with zero attached hydrogens (tertiary/aromatic N) is 1. The van der Waals surface area contributed by atoms with Gasteiger partial charge in [-0.1, -0.05) is 68.2 Å². The van der Waals surface area contributed by atoms with Gasteiger partial charge in [0.25, 0.3) is 0 Å². The van der Waals surface area contributed by atoms with E-state index in [0.29, 0.717) is 0 Å². The molecule has 0 heterocycles. The fraction of sp³-hybridized carbons (Fsp3) is 0.417. The van der Waals surface area contributed by atoms with Gasteiger partial charge in [-0.15, -0.1) is 5.92 Å². The van der Waals surface area contributed by atoms with Crippen molar-refractivity contribution in [2.24, 2.45) is 0 Å². The standard InChI is InChI=1S/C24H31N/c1-4-7-8-9-13-16-24(21-14-11-10-12-15-21)22-17-19-23(20-18-22)25(5-2)6-3/h10-12,14-15,17-20,24H,4-9H2,1-3H3. The van der Waals surface area contributed by atoms with Gasteiger partial charge in [0, 0.05) is 25.2 Å². The van der Waals surface area contributed by atoms with Gasteiger partial charge in [-0.25, -0.2) is 0 Å². The van der Waals surface area contributed by atoms with E-state index in [1.54, 1.807) is 0 Å². The fourth-order valence-electron chi connectivity index (χ4n) is 3.11. The van der Waals surface area contributed by atoms with Crippen LogP contribution in [0.1, 0.15) is 63.5 Å². The van der Waals surface area contributed by atoms with Gasteiger partial charge >= 0.3 is 0 Å². The third kappa shape index (κ3) is 5.68. The molecular weight excluding hydrogens is 302 g/mol. The van der Waals surface area contributed by atoms with Gasteiger partial charge in [0.05, 0.1) is 5.92 Å². The lowest BCUT2D eigenvalue weighted by molar-refractivity contribution is 0.736. The largest absolute Gasteiger partial charge is 0.372 e. The molecule has 0 radical (unpaired) electrons. The van der Waals surface area contributed by atoms with E-state index < -0.39 is 0 Å². The third-order valence-electron chi connectivity index (χ3n) is 4.64. The van der Waals surface area contributed by atoms with Crippen molar-refractivity contribution in [1.29, 1.82) is 0 Å². The van der Waals surface area contributed by atoms with Crippen LogP contribution in [0.25, 0.3) is 0 Å². The van der Waals surface area contributed by atoms with E-state index in [1.165, 1.54) is 36.1 Å². The van der Waals surface area contributed by atoms with Crippen molar-refractivity contribution in [2.45, 2.75) is 52.4 Å². The Bertz CT molecular complexity index is 657. The van der Waals surface area contributed by atoms with Crippen molar-refractivity contribution in [3.8, 4) is 11.8 Å². The highest BCUT2D eigenvalue weighted by Gasteiger charge is 2.11. The third-order valence-corrected chi connectivity index (χ3v) is 4.64. The van der Waals surface area contributed by atoms with Gasteiger partial charge in [-0.3, -0.25) is 0 Å². The first kappa shape index (κ1) is 19.1. The smallest absolute Gasteiger partial charge is 0.0702 e. The van der Waals surface area contributed by atoms with Crippen LogP contribution >= 0.6 is 0 Å². The van der Waals surface area contributed by atoms with Gasteiger partial charge < -0.3 is 4.90 Å². The number of hydrogen-bond donors (Lipinski definition) is 0. The molecule has 132 valence electrons. The summed E-state index contributed by atoms with van der Waals surface area (Å²) in [5, 5.41) is 0. The van der Waals surface area contributed by atoms with E-state index in [4.69, 9.17) is 0 Å². The maximum absolute atomic E-state index is 3.52. The molecule has 0 aliphatic carbocycles. The van der Waals surface area contributed by atoms with Gasteiger partial charge in [-0.05, 0) is 43.5 Å². The van der Waals surface area contributed by atoms with Crippen LogP contribution in [0.2, 0.25) is 0 Å². The van der Waals surface area contributed by atoms with Crippen LogP contribution in [0.3, 0.4) is 0 Å². The zero-order chi connectivity index (χ0) is 17.9. The van der Waals surface area contributed by atoms with E-state index >= 15 is 0 Å². The normalized spacial score (nSPS) is 11.5. The monoisotopic (exact) mass is 333 g/mol. The molecule has 2 rings (SSSR count). The topological polar surface area (TPSA) is 3.24 Å². The number of rotatable bonds is 8. The quantitative estimate of drug-likeness (QED) is 0.408. The van der Waals surface area contributed by atoms with E-state index in [-0.39, 0.29) is 5.92 Å². The molecule has 0 saturated carbocycles. The predicted octanol–water partition coefficient (Wildman–Crippen LogP) is 6.25. The summed E-state index contributed by atoms with van der Waals surface area (Å²) in [6, 6.07) is 19.6. The first-order chi connectivity index (χ1) is 12.3. The van der Waals surface area contributed by atoms with Gasteiger partial charge in [0.15, 0.2) is 0 Å². The van der Waals surface area contributed by atoms with Crippen molar-refractivity contribution in [3.63, 3.8) is 0 Å². The van der Waals surface area contributed by atoms with Crippen LogP contribution in [-0.4, -0.2) is 13.1 Å². The second-order valence-electron chi connectivity index (χ2n) is 6.39. The summed E-state index contributed by atoms with van der Waals surface area (Å²) in [6.07, 6.45) is 4.71. The number of benzene rings is 2. The van der Waals surface area contributed by atoms with Crippen molar-refractivity contribution in [1.82, 2.24) is 0 Å². The molecule has 0 aliphatic rings. The molecule has 0 amide bonds. The van der Waals surface area contributed by atoms with E-state index in [9.17, 15) is 0 Å². The van der Waals surface area contributed by atoms with Crippen LogP contribution in [0.4, 0.5) is 5.69 Å². The van der Waals surface area contributed by atoms with Gasteiger partial charge in [-0.2, -0.15) is 0 Å². The van der Waals surface area contributed by atoms with Crippen LogP contribution in [0.5, 0.6) is 0 Å². The summed E-state index contributed by atoms with van der Waals surface area (Å²) in [5.41, 5.74) is 3.85. The second kappa shape index (κ2) is 10.6. The molecule has 0 aliphatic heterocycles. The molecule has 1 nitrogen and oxygen atoms in total. The van der Waals surface area contributed by atoms with Crippen LogP contribution in [0.15, 0.2) is 54.6 Å². The Balaban J connectivity index is 2.23. The molecule has 25 heavy (non-hydrogen) atoms. The molecule has 0 bridgehead atoms. The summed E-state index contributed by atoms with van der Waals surface area (Å²) in [5.74, 6) is 7.10. The Morgan fingerprint density at radius 3 is 2.04 bits per heavy atom. The Morgan fingerprint density at radius 2 is 1.44 bits per heavy atom. The van der Waals surface area contributed by atoms with Crippen molar-refractivity contribution < 1.29 is 0 Å². The average Bonchev–Trinajstić information content (AvgIpc) is 2.67. The van der Waals surface area contributed by atoms with Crippen molar-refractivity contribution >= 4 is 5.69 Å². The first-order valence-electron chi connectivity index (χ1n) is 9.68. The Hall–Kier alpha value is -2.20. The van der Waals surface area contributed by atoms with Crippen LogP contribution < -0.4 is 4.90 Å². The fourth-order valence-corrected chi connectivity index (χ4v) is 3.11. The summed E-state index contributed by atoms with van der Waals surface area (Å²) in [6.45, 7) is 8.71. The summed E-state index contributed by atoms with van der Waals surface area (Å²) >= 11 is 0. The maximum atomic E-state index is 3.52. The molecule has 1 heteroatoms. The van der Waals surface area contributed by atoms with E-state index in [2.05, 4.69) is 92.1 Å². The van der Waals surface area contributed by atoms with E-state index in [1.807, 2.05) is 0 Å². The Labute approximate surface area is 154 Å². The summed E-state index contributed by atoms with van der Waals surface area (Å²) < 4.78 is 0. The number of hydrogen-bond acceptors (Lipinski definition) is 1. The average molecular weight is 334 g/mol. The molecule has 0 spiro atoms. The molecule has 0 N–H and O–H groups in total. The highest BCUT2D eigenvalue weighted by Crippen LogP contribution is 2.26. The minimum absolute atomic E-state index is 0.161. The molecule has 2 aromatic rings. The first-order valence-corrected chi connectivity index (χ1v) is 9.68. The minimum atomic E-state index is 0.161. The molecular formula is C24H31N. The molecule has 0 saturated heterocycles. The minimum Gasteiger partial charge on any atom is -0.372 e.